The number of hydrogen-bond acceptors (Lipinski definition) is 0. The summed E-state index contributed by atoms with van der Waals surface area (Å²) >= 11 is 0. The van der Waals surface area contributed by atoms with Gasteiger partial charge in [0.25, 0.3) is 0 Å². The average molecular weight is 258 g/mol. The Morgan fingerprint density at radius 2 is 1.84 bits per heavy atom. The highest BCUT2D eigenvalue weighted by atomic mass is 14.5. The molecule has 0 radical (unpaired) electrons. The Labute approximate surface area is 119 Å². The molecule has 2 fully saturated rings. The second-order valence-electron chi connectivity index (χ2n) is 7.11. The van der Waals surface area contributed by atoms with Gasteiger partial charge in [0, 0.05) is 0 Å². The van der Waals surface area contributed by atoms with E-state index in [0.29, 0.717) is 0 Å². The molecule has 0 nitrogen and oxygen atoms in total. The van der Waals surface area contributed by atoms with Gasteiger partial charge in [0.1, 0.15) is 0 Å². The Balaban J connectivity index is 1.58. The van der Waals surface area contributed by atoms with Gasteiger partial charge < -0.3 is 0 Å². The lowest BCUT2D eigenvalue weighted by atomic mass is 9.70. The third kappa shape index (κ3) is 2.83. The number of allylic oxidation sites excluding steroid dienone is 4. The van der Waals surface area contributed by atoms with Gasteiger partial charge in [-0.1, -0.05) is 76.2 Å². The zero-order chi connectivity index (χ0) is 13.1. The summed E-state index contributed by atoms with van der Waals surface area (Å²) in [5.74, 6) is 4.92. The molecule has 0 amide bonds. The van der Waals surface area contributed by atoms with Crippen LogP contribution in [0.25, 0.3) is 0 Å². The third-order valence-corrected chi connectivity index (χ3v) is 6.03. The van der Waals surface area contributed by atoms with Gasteiger partial charge >= 0.3 is 0 Å². The maximum absolute atomic E-state index is 2.52. The summed E-state index contributed by atoms with van der Waals surface area (Å²) in [5.41, 5.74) is 0. The van der Waals surface area contributed by atoms with E-state index >= 15 is 0 Å². The molecule has 0 heteroatoms. The van der Waals surface area contributed by atoms with Gasteiger partial charge in [-0.3, -0.25) is 0 Å². The predicted molar refractivity (Wildman–Crippen MR) is 83.0 cm³/mol. The number of hydrogen-bond donors (Lipinski definition) is 0. The van der Waals surface area contributed by atoms with Gasteiger partial charge in [-0.05, 0) is 42.4 Å². The summed E-state index contributed by atoms with van der Waals surface area (Å²) in [6.45, 7) is 2.32. The van der Waals surface area contributed by atoms with Crippen molar-refractivity contribution in [2.24, 2.45) is 29.6 Å². The van der Waals surface area contributed by atoms with Crippen molar-refractivity contribution in [2.45, 2.75) is 64.7 Å². The molecule has 3 aliphatic rings. The number of fused-ring (bicyclic) bond motifs is 3. The van der Waals surface area contributed by atoms with E-state index in [2.05, 4.69) is 31.2 Å². The van der Waals surface area contributed by atoms with E-state index in [4.69, 9.17) is 0 Å². The Hall–Kier alpha value is -0.520. The average Bonchev–Trinajstić information content (AvgIpc) is 2.83. The van der Waals surface area contributed by atoms with E-state index in [-0.39, 0.29) is 0 Å². The summed E-state index contributed by atoms with van der Waals surface area (Å²) in [4.78, 5) is 0. The van der Waals surface area contributed by atoms with Crippen molar-refractivity contribution in [2.75, 3.05) is 0 Å². The molecule has 0 aromatic heterocycles. The smallest absolute Gasteiger partial charge is 0.0136 e. The van der Waals surface area contributed by atoms with Crippen LogP contribution in [0.4, 0.5) is 0 Å². The molecule has 0 aliphatic heterocycles. The summed E-state index contributed by atoms with van der Waals surface area (Å²) in [7, 11) is 0. The van der Waals surface area contributed by atoms with E-state index in [1.807, 2.05) is 0 Å². The second kappa shape index (κ2) is 6.29. The molecule has 0 aromatic carbocycles. The van der Waals surface area contributed by atoms with Crippen molar-refractivity contribution in [3.05, 3.63) is 24.3 Å². The normalized spacial score (nSPS) is 40.2. The van der Waals surface area contributed by atoms with E-state index in [1.54, 1.807) is 0 Å². The fraction of sp³-hybridized carbons (Fsp3) is 0.789. The third-order valence-electron chi connectivity index (χ3n) is 6.03. The van der Waals surface area contributed by atoms with E-state index in [1.165, 1.54) is 57.8 Å². The van der Waals surface area contributed by atoms with Crippen LogP contribution in [-0.4, -0.2) is 0 Å². The first kappa shape index (κ1) is 13.5. The van der Waals surface area contributed by atoms with Crippen molar-refractivity contribution in [3.63, 3.8) is 0 Å². The van der Waals surface area contributed by atoms with Crippen LogP contribution >= 0.6 is 0 Å². The molecule has 19 heavy (non-hydrogen) atoms. The molecule has 0 aromatic rings. The standard InChI is InChI=1S/C19H30/c1-2-3-4-5-9-15-11-8-13-18-17-12-7-6-10-16(17)14-19(15)18/h6-7,10,12,15-19H,2-5,8-9,11,13-14H2,1H3. The van der Waals surface area contributed by atoms with E-state index in [9.17, 15) is 0 Å². The minimum Gasteiger partial charge on any atom is -0.0808 e. The molecule has 0 spiro atoms. The monoisotopic (exact) mass is 258 g/mol. The Kier molecular flexibility index (Phi) is 4.45. The number of unbranched alkanes of at least 4 members (excludes halogenated alkanes) is 3. The summed E-state index contributed by atoms with van der Waals surface area (Å²) in [5, 5.41) is 0. The van der Waals surface area contributed by atoms with Crippen LogP contribution in [0, 0.1) is 29.6 Å². The van der Waals surface area contributed by atoms with E-state index < -0.39 is 0 Å². The quantitative estimate of drug-likeness (QED) is 0.551. The highest BCUT2D eigenvalue weighted by molar-refractivity contribution is 5.19. The van der Waals surface area contributed by atoms with Crippen molar-refractivity contribution in [3.8, 4) is 0 Å². The van der Waals surface area contributed by atoms with Gasteiger partial charge in [0.05, 0.1) is 0 Å². The first-order valence-corrected chi connectivity index (χ1v) is 8.75. The SMILES string of the molecule is CCCCCCC1CCCC2C3C=CC=CC3CC12. The van der Waals surface area contributed by atoms with E-state index in [0.717, 1.165) is 29.6 Å². The Morgan fingerprint density at radius 3 is 2.74 bits per heavy atom. The van der Waals surface area contributed by atoms with Crippen LogP contribution in [0.15, 0.2) is 24.3 Å². The Bertz CT molecular complexity index is 338. The summed E-state index contributed by atoms with van der Waals surface area (Å²) in [6.07, 6.45) is 22.9. The fourth-order valence-electron chi connectivity index (χ4n) is 5.11. The molecular formula is C19H30. The lowest BCUT2D eigenvalue weighted by Crippen LogP contribution is -2.27. The van der Waals surface area contributed by atoms with Crippen LogP contribution in [0.5, 0.6) is 0 Å². The van der Waals surface area contributed by atoms with Crippen molar-refractivity contribution in [1.82, 2.24) is 0 Å². The van der Waals surface area contributed by atoms with Crippen molar-refractivity contribution < 1.29 is 0 Å². The molecule has 3 rings (SSSR count). The molecule has 3 aliphatic carbocycles. The molecule has 5 unspecified atom stereocenters. The highest BCUT2D eigenvalue weighted by Gasteiger charge is 2.45. The second-order valence-corrected chi connectivity index (χ2v) is 7.11. The molecular weight excluding hydrogens is 228 g/mol. The molecule has 5 atom stereocenters. The van der Waals surface area contributed by atoms with Crippen LogP contribution < -0.4 is 0 Å². The van der Waals surface area contributed by atoms with Gasteiger partial charge in [-0.15, -0.1) is 0 Å². The predicted octanol–water partition coefficient (Wildman–Crippen LogP) is 5.75. The topological polar surface area (TPSA) is 0 Å². The largest absolute Gasteiger partial charge is 0.0808 e. The van der Waals surface area contributed by atoms with Crippen molar-refractivity contribution in [1.29, 1.82) is 0 Å². The maximum Gasteiger partial charge on any atom is -0.0136 e. The minimum atomic E-state index is 0.885. The zero-order valence-electron chi connectivity index (χ0n) is 12.6. The molecule has 0 bridgehead atoms. The molecule has 0 heterocycles. The zero-order valence-corrected chi connectivity index (χ0v) is 12.6. The first-order valence-electron chi connectivity index (χ1n) is 8.75. The van der Waals surface area contributed by atoms with Crippen molar-refractivity contribution >= 4 is 0 Å². The first-order chi connectivity index (χ1) is 9.40. The molecule has 0 saturated heterocycles. The Morgan fingerprint density at radius 1 is 0.947 bits per heavy atom. The lowest BCUT2D eigenvalue weighted by Gasteiger charge is -2.36. The van der Waals surface area contributed by atoms with Gasteiger partial charge in [-0.2, -0.15) is 0 Å². The summed E-state index contributed by atoms with van der Waals surface area (Å²) < 4.78 is 0. The maximum atomic E-state index is 2.52. The van der Waals surface area contributed by atoms with Crippen LogP contribution in [-0.2, 0) is 0 Å². The molecule has 2 saturated carbocycles. The lowest BCUT2D eigenvalue weighted by molar-refractivity contribution is 0.154. The van der Waals surface area contributed by atoms with Crippen LogP contribution in [0.2, 0.25) is 0 Å². The highest BCUT2D eigenvalue weighted by Crippen LogP contribution is 2.54. The van der Waals surface area contributed by atoms with Gasteiger partial charge in [0.2, 0.25) is 0 Å². The fourth-order valence-corrected chi connectivity index (χ4v) is 5.11. The summed E-state index contributed by atoms with van der Waals surface area (Å²) in [6, 6.07) is 0. The van der Waals surface area contributed by atoms with Crippen LogP contribution in [0.3, 0.4) is 0 Å². The number of rotatable bonds is 5. The van der Waals surface area contributed by atoms with Gasteiger partial charge in [-0.25, -0.2) is 0 Å². The molecule has 0 N–H and O–H groups in total. The minimum absolute atomic E-state index is 0.885. The molecule has 106 valence electrons. The van der Waals surface area contributed by atoms with Crippen LogP contribution in [0.1, 0.15) is 64.7 Å². The van der Waals surface area contributed by atoms with Gasteiger partial charge in [0.15, 0.2) is 0 Å².